The van der Waals surface area contributed by atoms with E-state index in [4.69, 9.17) is 4.74 Å². The fourth-order valence-electron chi connectivity index (χ4n) is 4.56. The summed E-state index contributed by atoms with van der Waals surface area (Å²) >= 11 is 0. The van der Waals surface area contributed by atoms with Crippen molar-refractivity contribution in [1.29, 1.82) is 0 Å². The number of nitrogens with one attached hydrogen (secondary N) is 2. The number of carbonyl (C=O) groups is 1. The lowest BCUT2D eigenvalue weighted by molar-refractivity contribution is -0.123. The van der Waals surface area contributed by atoms with Crippen LogP contribution in [0.1, 0.15) is 11.1 Å². The van der Waals surface area contributed by atoms with Gasteiger partial charge in [-0.3, -0.25) is 9.69 Å². The predicted molar refractivity (Wildman–Crippen MR) is 134 cm³/mol. The van der Waals surface area contributed by atoms with E-state index in [1.165, 1.54) is 27.6 Å². The number of aliphatic hydroxyl groups excluding tert-OH is 2. The van der Waals surface area contributed by atoms with Crippen LogP contribution >= 0.6 is 0 Å². The molecule has 2 heterocycles. The standard InChI is InChI=1S/C25H34N4O6S/c30-17-21-15-29(12-10-26-21)36(33,34)24-8-4-3-7-23(24)35-18-25(32)27-13-22(31)16-28-11-9-19-5-1-2-6-20(19)14-28/h1-8,21-22,26,30-31H,9-18H2,(H,27,32)/t21?,22-/m1/s1. The van der Waals surface area contributed by atoms with Gasteiger partial charge in [-0.15, -0.1) is 0 Å². The SMILES string of the molecule is O=C(COc1ccccc1S(=O)(=O)N1CCNC(CO)C1)NC[C@@H](O)CN1CCc2ccccc2C1. The maximum atomic E-state index is 13.2. The molecule has 2 atom stereocenters. The molecule has 0 spiro atoms. The first-order valence-corrected chi connectivity index (χ1v) is 13.6. The van der Waals surface area contributed by atoms with Gasteiger partial charge in [0.15, 0.2) is 6.61 Å². The van der Waals surface area contributed by atoms with Gasteiger partial charge in [-0.05, 0) is 29.7 Å². The second-order valence-corrected chi connectivity index (χ2v) is 11.1. The van der Waals surface area contributed by atoms with Crippen molar-refractivity contribution in [3.05, 3.63) is 59.7 Å². The summed E-state index contributed by atoms with van der Waals surface area (Å²) in [5.41, 5.74) is 2.59. The molecule has 4 rings (SSSR count). The van der Waals surface area contributed by atoms with Crippen molar-refractivity contribution in [3.63, 3.8) is 0 Å². The van der Waals surface area contributed by atoms with E-state index in [0.29, 0.717) is 13.1 Å². The number of sulfonamides is 1. The Kier molecular flexibility index (Phi) is 8.94. The number of hydrogen-bond donors (Lipinski definition) is 4. The highest BCUT2D eigenvalue weighted by molar-refractivity contribution is 7.89. The lowest BCUT2D eigenvalue weighted by atomic mass is 10.00. The lowest BCUT2D eigenvalue weighted by Crippen LogP contribution is -2.53. The Labute approximate surface area is 211 Å². The molecule has 2 aliphatic rings. The smallest absolute Gasteiger partial charge is 0.258 e. The fraction of sp³-hybridized carbons (Fsp3) is 0.480. The normalized spacial score (nSPS) is 19.9. The molecule has 1 saturated heterocycles. The summed E-state index contributed by atoms with van der Waals surface area (Å²) in [6, 6.07) is 14.1. The fourth-order valence-corrected chi connectivity index (χ4v) is 6.17. The van der Waals surface area contributed by atoms with Gasteiger partial charge in [-0.25, -0.2) is 8.42 Å². The molecule has 10 nitrogen and oxygen atoms in total. The van der Waals surface area contributed by atoms with Gasteiger partial charge in [-0.2, -0.15) is 4.31 Å². The van der Waals surface area contributed by atoms with Crippen LogP contribution in [-0.4, -0.2) is 98.4 Å². The molecule has 0 radical (unpaired) electrons. The zero-order valence-corrected chi connectivity index (χ0v) is 21.0. The van der Waals surface area contributed by atoms with Crippen molar-refractivity contribution in [2.45, 2.75) is 30.0 Å². The second-order valence-electron chi connectivity index (χ2n) is 9.14. The molecule has 1 amide bonds. The number of benzene rings is 2. The van der Waals surface area contributed by atoms with E-state index in [1.807, 2.05) is 12.1 Å². The Morgan fingerprint density at radius 1 is 1.14 bits per heavy atom. The molecule has 0 bridgehead atoms. The molecule has 196 valence electrons. The van der Waals surface area contributed by atoms with Crippen LogP contribution in [0.15, 0.2) is 53.4 Å². The highest BCUT2D eigenvalue weighted by atomic mass is 32.2. The minimum atomic E-state index is -3.87. The number of fused-ring (bicyclic) bond motifs is 1. The van der Waals surface area contributed by atoms with E-state index >= 15 is 0 Å². The molecule has 2 aromatic carbocycles. The lowest BCUT2D eigenvalue weighted by Gasteiger charge is -2.32. The molecule has 36 heavy (non-hydrogen) atoms. The molecule has 4 N–H and O–H groups in total. The molecule has 11 heteroatoms. The maximum Gasteiger partial charge on any atom is 0.258 e. The van der Waals surface area contributed by atoms with Crippen molar-refractivity contribution in [2.24, 2.45) is 0 Å². The molecule has 1 fully saturated rings. The monoisotopic (exact) mass is 518 g/mol. The predicted octanol–water partition coefficient (Wildman–Crippen LogP) is -0.444. The number of amides is 1. The zero-order valence-electron chi connectivity index (χ0n) is 20.2. The van der Waals surface area contributed by atoms with Crippen LogP contribution in [0, 0.1) is 0 Å². The highest BCUT2D eigenvalue weighted by Crippen LogP contribution is 2.27. The van der Waals surface area contributed by atoms with Crippen LogP contribution in [0.5, 0.6) is 5.75 Å². The number of carbonyl (C=O) groups excluding carboxylic acids is 1. The minimum Gasteiger partial charge on any atom is -0.482 e. The largest absolute Gasteiger partial charge is 0.482 e. The molecule has 0 aliphatic carbocycles. The Morgan fingerprint density at radius 2 is 1.89 bits per heavy atom. The van der Waals surface area contributed by atoms with E-state index in [0.717, 1.165) is 19.5 Å². The van der Waals surface area contributed by atoms with Crippen LogP contribution in [0.2, 0.25) is 0 Å². The van der Waals surface area contributed by atoms with Crippen LogP contribution in [0.3, 0.4) is 0 Å². The number of para-hydroxylation sites is 1. The van der Waals surface area contributed by atoms with E-state index in [9.17, 15) is 23.4 Å². The van der Waals surface area contributed by atoms with Crippen molar-refractivity contribution in [2.75, 3.05) is 52.5 Å². The molecular formula is C25H34N4O6S. The summed E-state index contributed by atoms with van der Waals surface area (Å²) < 4.78 is 33.3. The maximum absolute atomic E-state index is 13.2. The van der Waals surface area contributed by atoms with E-state index < -0.39 is 22.0 Å². The number of β-amino-alcohol motifs (C(OH)–C–C–N with tert-alkyl or cyclic N) is 1. The van der Waals surface area contributed by atoms with Gasteiger partial charge >= 0.3 is 0 Å². The van der Waals surface area contributed by atoms with Crippen molar-refractivity contribution >= 4 is 15.9 Å². The van der Waals surface area contributed by atoms with Gasteiger partial charge in [-0.1, -0.05) is 36.4 Å². The van der Waals surface area contributed by atoms with Gasteiger partial charge < -0.3 is 25.6 Å². The van der Waals surface area contributed by atoms with Crippen molar-refractivity contribution < 1.29 is 28.2 Å². The van der Waals surface area contributed by atoms with Gasteiger partial charge in [0.1, 0.15) is 10.6 Å². The molecule has 2 aromatic rings. The van der Waals surface area contributed by atoms with E-state index in [2.05, 4.69) is 27.7 Å². The minimum absolute atomic E-state index is 0.0261. The third kappa shape index (κ3) is 6.61. The van der Waals surface area contributed by atoms with Crippen molar-refractivity contribution in [1.82, 2.24) is 19.8 Å². The molecule has 0 aromatic heterocycles. The quantitative estimate of drug-likeness (QED) is 0.333. The molecule has 0 saturated carbocycles. The third-order valence-electron chi connectivity index (χ3n) is 6.48. The van der Waals surface area contributed by atoms with Gasteiger partial charge in [0.25, 0.3) is 5.91 Å². The first kappa shape index (κ1) is 26.5. The Hall–Kier alpha value is -2.54. The molecule has 1 unspecified atom stereocenters. The first-order valence-electron chi connectivity index (χ1n) is 12.2. The summed E-state index contributed by atoms with van der Waals surface area (Å²) in [7, 11) is -3.87. The Bertz CT molecular complexity index is 1140. The van der Waals surface area contributed by atoms with Crippen LogP contribution in [0.25, 0.3) is 0 Å². The summed E-state index contributed by atoms with van der Waals surface area (Å²) in [5, 5.41) is 25.5. The summed E-state index contributed by atoms with van der Waals surface area (Å²) in [4.78, 5) is 14.5. The van der Waals surface area contributed by atoms with E-state index in [-0.39, 0.29) is 49.5 Å². The summed E-state index contributed by atoms with van der Waals surface area (Å²) in [6.45, 7) is 2.44. The second kappa shape index (κ2) is 12.1. The number of rotatable bonds is 10. The highest BCUT2D eigenvalue weighted by Gasteiger charge is 2.32. The first-order chi connectivity index (χ1) is 17.4. The molecule has 2 aliphatic heterocycles. The number of aliphatic hydroxyl groups is 2. The summed E-state index contributed by atoms with van der Waals surface area (Å²) in [6.07, 6.45) is 0.194. The summed E-state index contributed by atoms with van der Waals surface area (Å²) in [5.74, 6) is -0.369. The Balaban J connectivity index is 1.27. The van der Waals surface area contributed by atoms with Gasteiger partial charge in [0, 0.05) is 51.9 Å². The van der Waals surface area contributed by atoms with Crippen LogP contribution < -0.4 is 15.4 Å². The third-order valence-corrected chi connectivity index (χ3v) is 8.38. The number of piperazine rings is 1. The number of nitrogens with zero attached hydrogens (tertiary/aromatic N) is 2. The number of ether oxygens (including phenoxy) is 1. The van der Waals surface area contributed by atoms with Crippen LogP contribution in [0.4, 0.5) is 0 Å². The van der Waals surface area contributed by atoms with Gasteiger partial charge in [0.2, 0.25) is 10.0 Å². The van der Waals surface area contributed by atoms with E-state index in [1.54, 1.807) is 12.1 Å². The Morgan fingerprint density at radius 3 is 2.69 bits per heavy atom. The van der Waals surface area contributed by atoms with Crippen LogP contribution in [-0.2, 0) is 27.8 Å². The average molecular weight is 519 g/mol. The molecular weight excluding hydrogens is 484 g/mol. The number of hydrogen-bond acceptors (Lipinski definition) is 8. The topological polar surface area (TPSA) is 131 Å². The van der Waals surface area contributed by atoms with Crippen molar-refractivity contribution in [3.8, 4) is 5.75 Å². The average Bonchev–Trinajstić information content (AvgIpc) is 2.90. The zero-order chi connectivity index (χ0) is 25.5. The van der Waals surface area contributed by atoms with Gasteiger partial charge in [0.05, 0.1) is 12.7 Å².